The van der Waals surface area contributed by atoms with Gasteiger partial charge >= 0.3 is 0 Å². The Morgan fingerprint density at radius 1 is 1.11 bits per heavy atom. The van der Waals surface area contributed by atoms with E-state index >= 15 is 0 Å². The lowest BCUT2D eigenvalue weighted by Crippen LogP contribution is -1.99. The van der Waals surface area contributed by atoms with Gasteiger partial charge in [0.05, 0.1) is 0 Å². The minimum absolute atomic E-state index is 0.0811. The molecule has 0 fully saturated rings. The molecule has 3 heteroatoms. The molecule has 0 heterocycles. The molecule has 18 heavy (non-hydrogen) atoms. The first-order valence-electron chi connectivity index (χ1n) is 5.80. The van der Waals surface area contributed by atoms with Gasteiger partial charge < -0.3 is 10.8 Å². The summed E-state index contributed by atoms with van der Waals surface area (Å²) in [7, 11) is 0. The van der Waals surface area contributed by atoms with E-state index in [1.807, 2.05) is 30.3 Å². The van der Waals surface area contributed by atoms with Gasteiger partial charge in [-0.15, -0.1) is 0 Å². The summed E-state index contributed by atoms with van der Waals surface area (Å²) in [6.07, 6.45) is 1.36. The number of rotatable bonds is 4. The molecular weight excluding hydrogens is 226 g/mol. The second-order valence-electron chi connectivity index (χ2n) is 4.09. The van der Waals surface area contributed by atoms with Gasteiger partial charge in [-0.3, -0.25) is 4.79 Å². The van der Waals surface area contributed by atoms with Gasteiger partial charge in [-0.2, -0.15) is 0 Å². The van der Waals surface area contributed by atoms with Crippen LogP contribution in [0.1, 0.15) is 15.9 Å². The second-order valence-corrected chi connectivity index (χ2v) is 4.09. The van der Waals surface area contributed by atoms with Crippen molar-refractivity contribution in [3.05, 3.63) is 53.6 Å². The molecule has 2 aromatic carbocycles. The third-order valence-corrected chi connectivity index (χ3v) is 2.94. The molecule has 0 bridgehead atoms. The largest absolute Gasteiger partial charge is 0.398 e. The number of para-hydroxylation sites is 1. The molecule has 0 radical (unpaired) electrons. The normalized spacial score (nSPS) is 10.3. The van der Waals surface area contributed by atoms with Gasteiger partial charge in [-0.05, 0) is 17.5 Å². The Morgan fingerprint density at radius 2 is 1.83 bits per heavy atom. The van der Waals surface area contributed by atoms with E-state index in [1.165, 1.54) is 0 Å². The molecule has 0 aliphatic heterocycles. The molecule has 2 rings (SSSR count). The summed E-state index contributed by atoms with van der Waals surface area (Å²) in [4.78, 5) is 10.6. The van der Waals surface area contributed by atoms with E-state index in [9.17, 15) is 4.79 Å². The van der Waals surface area contributed by atoms with Gasteiger partial charge in [0.1, 0.15) is 6.29 Å². The average Bonchev–Trinajstić information content (AvgIpc) is 2.42. The lowest BCUT2D eigenvalue weighted by Gasteiger charge is -2.10. The number of aldehydes is 1. The minimum atomic E-state index is 0.0811. The second kappa shape index (κ2) is 5.47. The topological polar surface area (TPSA) is 63.3 Å². The molecule has 0 spiro atoms. The van der Waals surface area contributed by atoms with Gasteiger partial charge in [0.2, 0.25) is 0 Å². The molecule has 0 aromatic heterocycles. The van der Waals surface area contributed by atoms with E-state index in [0.717, 1.165) is 23.0 Å². The smallest absolute Gasteiger partial charge is 0.150 e. The van der Waals surface area contributed by atoms with Crippen molar-refractivity contribution < 1.29 is 9.90 Å². The molecule has 3 nitrogen and oxygen atoms in total. The molecule has 0 saturated heterocycles. The number of aliphatic hydroxyl groups is 1. The van der Waals surface area contributed by atoms with Crippen LogP contribution in [0, 0.1) is 0 Å². The zero-order valence-corrected chi connectivity index (χ0v) is 9.97. The molecule has 2 aromatic rings. The highest BCUT2D eigenvalue weighted by atomic mass is 16.2. The number of anilines is 1. The van der Waals surface area contributed by atoms with Gasteiger partial charge in [-0.25, -0.2) is 0 Å². The third-order valence-electron chi connectivity index (χ3n) is 2.94. The molecule has 0 aliphatic rings. The van der Waals surface area contributed by atoms with Crippen LogP contribution in [-0.4, -0.2) is 18.0 Å². The van der Waals surface area contributed by atoms with Crippen LogP contribution in [0.2, 0.25) is 0 Å². The van der Waals surface area contributed by atoms with Crippen molar-refractivity contribution in [3.63, 3.8) is 0 Å². The first-order valence-corrected chi connectivity index (χ1v) is 5.80. The van der Waals surface area contributed by atoms with Crippen LogP contribution in [-0.2, 0) is 6.42 Å². The Kier molecular flexibility index (Phi) is 3.75. The molecule has 0 atom stereocenters. The standard InChI is InChI=1S/C15H15NO2/c16-15-13(8-9-17)2-1-3-14(15)12-6-4-11(10-18)5-7-12/h1-7,10,17H,8-9,16H2. The summed E-state index contributed by atoms with van der Waals surface area (Å²) >= 11 is 0. The van der Waals surface area contributed by atoms with E-state index < -0.39 is 0 Å². The maximum absolute atomic E-state index is 10.6. The van der Waals surface area contributed by atoms with Crippen LogP contribution in [0.4, 0.5) is 5.69 Å². The van der Waals surface area contributed by atoms with Crippen LogP contribution in [0.15, 0.2) is 42.5 Å². The van der Waals surface area contributed by atoms with Crippen LogP contribution < -0.4 is 5.73 Å². The quantitative estimate of drug-likeness (QED) is 0.637. The fourth-order valence-corrected chi connectivity index (χ4v) is 1.94. The molecular formula is C15H15NO2. The summed E-state index contributed by atoms with van der Waals surface area (Å²) in [6.45, 7) is 0.0811. The minimum Gasteiger partial charge on any atom is -0.398 e. The first-order chi connectivity index (χ1) is 8.76. The SMILES string of the molecule is Nc1c(CCO)cccc1-c1ccc(C=O)cc1. The highest BCUT2D eigenvalue weighted by molar-refractivity contribution is 5.81. The Hall–Kier alpha value is -2.13. The fourth-order valence-electron chi connectivity index (χ4n) is 1.94. The predicted molar refractivity (Wildman–Crippen MR) is 72.5 cm³/mol. The first kappa shape index (κ1) is 12.3. The number of hydrogen-bond acceptors (Lipinski definition) is 3. The maximum atomic E-state index is 10.6. The number of carbonyl (C=O) groups is 1. The van der Waals surface area contributed by atoms with Gasteiger partial charge in [0.15, 0.2) is 0 Å². The molecule has 0 saturated carbocycles. The van der Waals surface area contributed by atoms with E-state index in [2.05, 4.69) is 0 Å². The lowest BCUT2D eigenvalue weighted by molar-refractivity contribution is 0.112. The van der Waals surface area contributed by atoms with Crippen LogP contribution in [0.3, 0.4) is 0 Å². The highest BCUT2D eigenvalue weighted by Crippen LogP contribution is 2.28. The van der Waals surface area contributed by atoms with Crippen LogP contribution >= 0.6 is 0 Å². The molecule has 0 unspecified atom stereocenters. The van der Waals surface area contributed by atoms with Crippen molar-refractivity contribution in [1.82, 2.24) is 0 Å². The van der Waals surface area contributed by atoms with Gasteiger partial charge in [0, 0.05) is 23.4 Å². The Bertz CT molecular complexity index is 547. The van der Waals surface area contributed by atoms with E-state index in [1.54, 1.807) is 12.1 Å². The summed E-state index contributed by atoms with van der Waals surface area (Å²) in [5, 5.41) is 8.98. The van der Waals surface area contributed by atoms with Gasteiger partial charge in [-0.1, -0.05) is 42.5 Å². The maximum Gasteiger partial charge on any atom is 0.150 e. The summed E-state index contributed by atoms with van der Waals surface area (Å²) in [6, 6.07) is 13.0. The number of carbonyl (C=O) groups excluding carboxylic acids is 1. The highest BCUT2D eigenvalue weighted by Gasteiger charge is 2.06. The van der Waals surface area contributed by atoms with Crippen molar-refractivity contribution in [1.29, 1.82) is 0 Å². The molecule has 3 N–H and O–H groups in total. The predicted octanol–water partition coefficient (Wildman–Crippen LogP) is 2.28. The van der Waals surface area contributed by atoms with Gasteiger partial charge in [0.25, 0.3) is 0 Å². The van der Waals surface area contributed by atoms with Crippen molar-refractivity contribution in [3.8, 4) is 11.1 Å². The van der Waals surface area contributed by atoms with Crippen molar-refractivity contribution >= 4 is 12.0 Å². The number of nitrogen functional groups attached to an aromatic ring is 1. The Morgan fingerprint density at radius 3 is 2.44 bits per heavy atom. The monoisotopic (exact) mass is 241 g/mol. The van der Waals surface area contributed by atoms with E-state index in [4.69, 9.17) is 10.8 Å². The number of nitrogens with two attached hydrogens (primary N) is 1. The number of benzene rings is 2. The molecule has 0 amide bonds. The summed E-state index contributed by atoms with van der Waals surface area (Å²) in [5.74, 6) is 0. The van der Waals surface area contributed by atoms with E-state index in [0.29, 0.717) is 17.7 Å². The lowest BCUT2D eigenvalue weighted by atomic mass is 9.98. The number of aliphatic hydroxyl groups excluding tert-OH is 1. The Labute approximate surface area is 106 Å². The van der Waals surface area contributed by atoms with Crippen molar-refractivity contribution in [2.24, 2.45) is 0 Å². The zero-order chi connectivity index (χ0) is 13.0. The Balaban J connectivity index is 2.43. The van der Waals surface area contributed by atoms with Crippen molar-refractivity contribution in [2.45, 2.75) is 6.42 Å². The van der Waals surface area contributed by atoms with Crippen molar-refractivity contribution in [2.75, 3.05) is 12.3 Å². The molecule has 0 aliphatic carbocycles. The average molecular weight is 241 g/mol. The summed E-state index contributed by atoms with van der Waals surface area (Å²) < 4.78 is 0. The molecule has 92 valence electrons. The van der Waals surface area contributed by atoms with Crippen LogP contribution in [0.25, 0.3) is 11.1 Å². The fraction of sp³-hybridized carbons (Fsp3) is 0.133. The van der Waals surface area contributed by atoms with E-state index in [-0.39, 0.29) is 6.61 Å². The number of hydrogen-bond donors (Lipinski definition) is 2. The van der Waals surface area contributed by atoms with Crippen LogP contribution in [0.5, 0.6) is 0 Å². The third kappa shape index (κ3) is 2.41. The summed E-state index contributed by atoms with van der Waals surface area (Å²) in [5.41, 5.74) is 10.3. The zero-order valence-electron chi connectivity index (χ0n) is 9.97.